The summed E-state index contributed by atoms with van der Waals surface area (Å²) in [5.41, 5.74) is 1.38. The number of nitrogens with zero attached hydrogens (tertiary/aromatic N) is 1. The van der Waals surface area contributed by atoms with Crippen LogP contribution in [0.4, 0.5) is 0 Å². The first kappa shape index (κ1) is 15.1. The first-order chi connectivity index (χ1) is 10.5. The van der Waals surface area contributed by atoms with Crippen LogP contribution in [0.1, 0.15) is 35.4 Å². The summed E-state index contributed by atoms with van der Waals surface area (Å²) in [5.74, 6) is -1.05. The summed E-state index contributed by atoms with van der Waals surface area (Å²) in [6.07, 6.45) is 2.14. The van der Waals surface area contributed by atoms with Crippen molar-refractivity contribution < 1.29 is 19.1 Å². The fourth-order valence-corrected chi connectivity index (χ4v) is 3.32. The zero-order chi connectivity index (χ0) is 15.9. The molecule has 0 spiro atoms. The van der Waals surface area contributed by atoms with Crippen LogP contribution in [0.25, 0.3) is 11.0 Å². The van der Waals surface area contributed by atoms with Crippen LogP contribution in [-0.4, -0.2) is 34.5 Å². The number of carboxylic acids is 1. The van der Waals surface area contributed by atoms with E-state index in [0.29, 0.717) is 18.5 Å². The number of rotatable bonds is 2. The lowest BCUT2D eigenvalue weighted by Gasteiger charge is -2.32. The second kappa shape index (κ2) is 5.76. The van der Waals surface area contributed by atoms with Crippen LogP contribution < -0.4 is 0 Å². The van der Waals surface area contributed by atoms with Gasteiger partial charge in [-0.2, -0.15) is 0 Å². The first-order valence-electron chi connectivity index (χ1n) is 7.21. The molecule has 3 rings (SSSR count). The van der Waals surface area contributed by atoms with Crippen LogP contribution in [0.5, 0.6) is 0 Å². The number of amides is 1. The highest BCUT2D eigenvalue weighted by Gasteiger charge is 2.34. The Morgan fingerprint density at radius 1 is 1.36 bits per heavy atom. The van der Waals surface area contributed by atoms with Crippen LogP contribution in [0.2, 0.25) is 0 Å². The molecule has 1 aromatic carbocycles. The molecule has 1 aliphatic rings. The van der Waals surface area contributed by atoms with E-state index in [1.54, 1.807) is 6.07 Å². The van der Waals surface area contributed by atoms with Crippen molar-refractivity contribution in [3.8, 4) is 0 Å². The summed E-state index contributed by atoms with van der Waals surface area (Å²) in [6, 6.07) is 4.78. The number of piperidine rings is 1. The molecule has 1 aromatic heterocycles. The lowest BCUT2D eigenvalue weighted by molar-refractivity contribution is -0.143. The van der Waals surface area contributed by atoms with Gasteiger partial charge in [-0.1, -0.05) is 15.9 Å². The predicted molar refractivity (Wildman–Crippen MR) is 85.0 cm³/mol. The fraction of sp³-hybridized carbons (Fsp3) is 0.375. The largest absolute Gasteiger partial charge is 0.480 e. The van der Waals surface area contributed by atoms with Gasteiger partial charge in [0.2, 0.25) is 0 Å². The molecule has 1 aliphatic heterocycles. The normalized spacial score (nSPS) is 18.6. The zero-order valence-electron chi connectivity index (χ0n) is 12.1. The number of aryl methyl sites for hydroxylation is 1. The van der Waals surface area contributed by atoms with E-state index in [4.69, 9.17) is 4.42 Å². The Kier molecular flexibility index (Phi) is 3.95. The maximum Gasteiger partial charge on any atom is 0.326 e. The van der Waals surface area contributed by atoms with Gasteiger partial charge in [-0.3, -0.25) is 4.79 Å². The molecule has 22 heavy (non-hydrogen) atoms. The molecule has 0 bridgehead atoms. The van der Waals surface area contributed by atoms with E-state index in [0.717, 1.165) is 28.3 Å². The van der Waals surface area contributed by atoms with E-state index in [9.17, 15) is 14.7 Å². The van der Waals surface area contributed by atoms with Crippen molar-refractivity contribution in [2.24, 2.45) is 0 Å². The van der Waals surface area contributed by atoms with Gasteiger partial charge >= 0.3 is 5.97 Å². The van der Waals surface area contributed by atoms with Gasteiger partial charge < -0.3 is 14.4 Å². The van der Waals surface area contributed by atoms with Crippen molar-refractivity contribution in [1.29, 1.82) is 0 Å². The minimum absolute atomic E-state index is 0.237. The molecule has 1 unspecified atom stereocenters. The third-order valence-electron chi connectivity index (χ3n) is 4.14. The van der Waals surface area contributed by atoms with E-state index < -0.39 is 12.0 Å². The molecule has 0 saturated carbocycles. The summed E-state index contributed by atoms with van der Waals surface area (Å²) >= 11 is 3.40. The Balaban J connectivity index is 2.01. The average Bonchev–Trinajstić information content (AvgIpc) is 2.83. The van der Waals surface area contributed by atoms with Gasteiger partial charge in [0.1, 0.15) is 11.6 Å². The Hall–Kier alpha value is -1.82. The van der Waals surface area contributed by atoms with Crippen molar-refractivity contribution in [3.05, 3.63) is 34.0 Å². The predicted octanol–water partition coefficient (Wildman–Crippen LogP) is 3.58. The highest BCUT2D eigenvalue weighted by atomic mass is 79.9. The number of carbonyl (C=O) groups excluding carboxylic acids is 1. The summed E-state index contributed by atoms with van der Waals surface area (Å²) in [7, 11) is 0. The van der Waals surface area contributed by atoms with Gasteiger partial charge in [-0.15, -0.1) is 0 Å². The number of halogens is 1. The van der Waals surface area contributed by atoms with Crippen LogP contribution in [-0.2, 0) is 4.79 Å². The van der Waals surface area contributed by atoms with Gasteiger partial charge in [0.25, 0.3) is 5.91 Å². The quantitative estimate of drug-likeness (QED) is 0.882. The minimum Gasteiger partial charge on any atom is -0.480 e. The first-order valence-corrected chi connectivity index (χ1v) is 8.01. The van der Waals surface area contributed by atoms with Gasteiger partial charge in [0.05, 0.1) is 0 Å². The highest BCUT2D eigenvalue weighted by molar-refractivity contribution is 9.10. The second-order valence-electron chi connectivity index (χ2n) is 5.55. The molecule has 5 nitrogen and oxygen atoms in total. The van der Waals surface area contributed by atoms with Gasteiger partial charge in [0.15, 0.2) is 5.76 Å². The molecule has 2 aromatic rings. The fourth-order valence-electron chi connectivity index (χ4n) is 2.96. The van der Waals surface area contributed by atoms with E-state index in [-0.39, 0.29) is 11.7 Å². The summed E-state index contributed by atoms with van der Waals surface area (Å²) in [4.78, 5) is 25.5. The van der Waals surface area contributed by atoms with Crippen molar-refractivity contribution in [1.82, 2.24) is 4.90 Å². The third kappa shape index (κ3) is 2.52. The smallest absolute Gasteiger partial charge is 0.326 e. The van der Waals surface area contributed by atoms with E-state index in [1.165, 1.54) is 4.90 Å². The molecular formula is C16H16BrNO4. The van der Waals surface area contributed by atoms with Crippen molar-refractivity contribution in [2.75, 3.05) is 6.54 Å². The number of likely N-dealkylation sites (tertiary alicyclic amines) is 1. The van der Waals surface area contributed by atoms with Crippen molar-refractivity contribution in [3.63, 3.8) is 0 Å². The molecule has 1 N–H and O–H groups in total. The lowest BCUT2D eigenvalue weighted by atomic mass is 10.0. The molecule has 1 fully saturated rings. The van der Waals surface area contributed by atoms with Crippen LogP contribution in [0, 0.1) is 6.92 Å². The molecular weight excluding hydrogens is 350 g/mol. The number of hydrogen-bond acceptors (Lipinski definition) is 3. The van der Waals surface area contributed by atoms with Gasteiger partial charge in [-0.05, 0) is 44.4 Å². The molecule has 0 radical (unpaired) electrons. The topological polar surface area (TPSA) is 70.8 Å². The van der Waals surface area contributed by atoms with E-state index in [1.807, 2.05) is 19.1 Å². The highest BCUT2D eigenvalue weighted by Crippen LogP contribution is 2.30. The maximum atomic E-state index is 12.7. The SMILES string of the molecule is Cc1c(C(=O)N2CCCCC2C(=O)O)oc2ccc(Br)cc12. The minimum atomic E-state index is -0.954. The Bertz CT molecular complexity index is 752. The van der Waals surface area contributed by atoms with E-state index >= 15 is 0 Å². The molecule has 1 amide bonds. The number of aliphatic carboxylic acids is 1. The number of carbonyl (C=O) groups is 2. The lowest BCUT2D eigenvalue weighted by Crippen LogP contribution is -2.48. The number of carboxylic acid groups (broad SMARTS) is 1. The Morgan fingerprint density at radius 2 is 2.14 bits per heavy atom. The molecule has 0 aliphatic carbocycles. The van der Waals surface area contributed by atoms with Gasteiger partial charge in [0, 0.05) is 22.0 Å². The number of benzene rings is 1. The maximum absolute atomic E-state index is 12.7. The van der Waals surface area contributed by atoms with Crippen LogP contribution >= 0.6 is 15.9 Å². The molecule has 2 heterocycles. The second-order valence-corrected chi connectivity index (χ2v) is 6.46. The molecule has 6 heteroatoms. The van der Waals surface area contributed by atoms with Crippen LogP contribution in [0.15, 0.2) is 27.1 Å². The number of fused-ring (bicyclic) bond motifs is 1. The Labute approximate surface area is 136 Å². The average molecular weight is 366 g/mol. The summed E-state index contributed by atoms with van der Waals surface area (Å²) in [6.45, 7) is 2.28. The number of hydrogen-bond donors (Lipinski definition) is 1. The van der Waals surface area contributed by atoms with Crippen molar-refractivity contribution >= 4 is 38.8 Å². The Morgan fingerprint density at radius 3 is 2.86 bits per heavy atom. The monoisotopic (exact) mass is 365 g/mol. The van der Waals surface area contributed by atoms with Crippen molar-refractivity contribution in [2.45, 2.75) is 32.2 Å². The molecule has 1 saturated heterocycles. The van der Waals surface area contributed by atoms with Gasteiger partial charge in [-0.25, -0.2) is 4.79 Å². The molecule has 116 valence electrons. The third-order valence-corrected chi connectivity index (χ3v) is 4.63. The summed E-state index contributed by atoms with van der Waals surface area (Å²) < 4.78 is 6.60. The number of furan rings is 1. The zero-order valence-corrected chi connectivity index (χ0v) is 13.7. The summed E-state index contributed by atoms with van der Waals surface area (Å²) in [5, 5.41) is 10.2. The van der Waals surface area contributed by atoms with Crippen LogP contribution in [0.3, 0.4) is 0 Å². The van der Waals surface area contributed by atoms with E-state index in [2.05, 4.69) is 15.9 Å². The standard InChI is InChI=1S/C16H16BrNO4/c1-9-11-8-10(17)5-6-13(11)22-14(9)15(19)18-7-3-2-4-12(18)16(20)21/h5-6,8,12H,2-4,7H2,1H3,(H,20,21). The molecule has 1 atom stereocenters.